The van der Waals surface area contributed by atoms with E-state index < -0.39 is 22.3 Å². The lowest BCUT2D eigenvalue weighted by molar-refractivity contribution is -0.245. The summed E-state index contributed by atoms with van der Waals surface area (Å²) in [5.74, 6) is -0.444. The van der Waals surface area contributed by atoms with Crippen LogP contribution in [0.4, 0.5) is 0 Å². The van der Waals surface area contributed by atoms with Crippen molar-refractivity contribution in [2.75, 3.05) is 5.75 Å². The van der Waals surface area contributed by atoms with Crippen molar-refractivity contribution < 1.29 is 32.9 Å². The Morgan fingerprint density at radius 1 is 0.792 bits per heavy atom. The van der Waals surface area contributed by atoms with E-state index in [-0.39, 0.29) is 35.8 Å². The van der Waals surface area contributed by atoms with E-state index in [1.807, 2.05) is 78.9 Å². The molecule has 5 aromatic rings. The molecule has 1 aliphatic heterocycles. The average Bonchev–Trinajstić information content (AvgIpc) is 3.13. The predicted molar refractivity (Wildman–Crippen MR) is 185 cm³/mol. The largest absolute Gasteiger partial charge is 0.478 e. The third kappa shape index (κ3) is 8.04. The summed E-state index contributed by atoms with van der Waals surface area (Å²) < 4.78 is 41.4. The van der Waals surface area contributed by atoms with Gasteiger partial charge in [0.1, 0.15) is 0 Å². The molecule has 0 aromatic heterocycles. The lowest BCUT2D eigenvalue weighted by atomic mass is 9.98. The van der Waals surface area contributed by atoms with Gasteiger partial charge < -0.3 is 19.7 Å². The second kappa shape index (κ2) is 15.3. The molecule has 0 unspecified atom stereocenters. The van der Waals surface area contributed by atoms with Gasteiger partial charge in [-0.1, -0.05) is 103 Å². The molecule has 0 saturated carbocycles. The van der Waals surface area contributed by atoms with Gasteiger partial charge >= 0.3 is 5.97 Å². The van der Waals surface area contributed by atoms with Crippen molar-refractivity contribution >= 4 is 27.8 Å². The van der Waals surface area contributed by atoms with Crippen LogP contribution in [0.1, 0.15) is 51.4 Å². The number of aliphatic hydroxyl groups excluding tert-OH is 1. The molecule has 1 aliphatic rings. The first-order valence-corrected chi connectivity index (χ1v) is 18.0. The second-order valence-electron chi connectivity index (χ2n) is 11.4. The SMILES string of the molecule is O=C(O)c1ccccc1SC[C@@H]1C[C@H](c2ccc(CO)cc2)O[C@H](c2ccc(-c3ccccc3CNS(=O)(=O)c3ccccc3)cc2)O1. The van der Waals surface area contributed by atoms with Crippen LogP contribution in [-0.4, -0.2) is 36.5 Å². The van der Waals surface area contributed by atoms with Crippen LogP contribution < -0.4 is 4.72 Å². The minimum Gasteiger partial charge on any atom is -0.478 e. The van der Waals surface area contributed by atoms with Gasteiger partial charge in [0, 0.05) is 29.2 Å². The Kier molecular flexibility index (Phi) is 10.7. The zero-order valence-electron chi connectivity index (χ0n) is 25.9. The molecular weight excluding hydrogens is 647 g/mol. The first-order valence-electron chi connectivity index (χ1n) is 15.5. The molecule has 0 spiro atoms. The average molecular weight is 682 g/mol. The first-order chi connectivity index (χ1) is 23.3. The Labute approximate surface area is 284 Å². The second-order valence-corrected chi connectivity index (χ2v) is 14.2. The number of nitrogens with one attached hydrogen (secondary N) is 1. The van der Waals surface area contributed by atoms with Gasteiger partial charge in [-0.15, -0.1) is 11.8 Å². The zero-order valence-corrected chi connectivity index (χ0v) is 27.6. The number of rotatable bonds is 12. The number of ether oxygens (including phenoxy) is 2. The summed E-state index contributed by atoms with van der Waals surface area (Å²) in [6.45, 7) is 0.0826. The van der Waals surface area contributed by atoms with Crippen molar-refractivity contribution in [2.45, 2.75) is 47.9 Å². The number of hydrogen-bond acceptors (Lipinski definition) is 7. The van der Waals surface area contributed by atoms with E-state index in [9.17, 15) is 23.4 Å². The number of aliphatic hydroxyl groups is 1. The third-order valence-electron chi connectivity index (χ3n) is 8.17. The van der Waals surface area contributed by atoms with Gasteiger partial charge in [0.15, 0.2) is 6.29 Å². The van der Waals surface area contributed by atoms with E-state index in [1.165, 1.54) is 11.8 Å². The summed E-state index contributed by atoms with van der Waals surface area (Å²) in [6.07, 6.45) is -0.628. The van der Waals surface area contributed by atoms with E-state index in [1.54, 1.807) is 48.5 Å². The van der Waals surface area contributed by atoms with Crippen LogP contribution in [0.5, 0.6) is 0 Å². The third-order valence-corrected chi connectivity index (χ3v) is 10.8. The Morgan fingerprint density at radius 3 is 2.19 bits per heavy atom. The smallest absolute Gasteiger partial charge is 0.336 e. The molecule has 6 rings (SSSR count). The zero-order chi connectivity index (χ0) is 33.5. The van der Waals surface area contributed by atoms with Crippen LogP contribution in [0.2, 0.25) is 0 Å². The van der Waals surface area contributed by atoms with Crippen molar-refractivity contribution in [1.82, 2.24) is 4.72 Å². The topological polar surface area (TPSA) is 122 Å². The molecule has 1 saturated heterocycles. The van der Waals surface area contributed by atoms with Crippen LogP contribution in [0.3, 0.4) is 0 Å². The Morgan fingerprint density at radius 2 is 1.46 bits per heavy atom. The molecule has 0 bridgehead atoms. The highest BCUT2D eigenvalue weighted by molar-refractivity contribution is 7.99. The van der Waals surface area contributed by atoms with Gasteiger partial charge in [-0.3, -0.25) is 0 Å². The highest BCUT2D eigenvalue weighted by Crippen LogP contribution is 2.40. The Hall–Kier alpha value is -4.29. The minimum atomic E-state index is -3.67. The molecule has 8 nitrogen and oxygen atoms in total. The van der Waals surface area contributed by atoms with Crippen LogP contribution in [0.25, 0.3) is 11.1 Å². The summed E-state index contributed by atoms with van der Waals surface area (Å²) >= 11 is 1.45. The number of benzene rings is 5. The first kappa shape index (κ1) is 33.6. The molecule has 3 N–H and O–H groups in total. The minimum absolute atomic E-state index is 0.0475. The van der Waals surface area contributed by atoms with Crippen LogP contribution >= 0.6 is 11.8 Å². The molecule has 48 heavy (non-hydrogen) atoms. The number of carboxylic acids is 1. The van der Waals surface area contributed by atoms with Crippen molar-refractivity contribution in [3.63, 3.8) is 0 Å². The Bertz CT molecular complexity index is 1950. The molecule has 1 fully saturated rings. The molecule has 1 heterocycles. The number of aromatic carboxylic acids is 1. The summed E-state index contributed by atoms with van der Waals surface area (Å²) in [6, 6.07) is 38.4. The van der Waals surface area contributed by atoms with Crippen LogP contribution in [0.15, 0.2) is 137 Å². The van der Waals surface area contributed by atoms with E-state index in [4.69, 9.17) is 9.47 Å². The van der Waals surface area contributed by atoms with Crippen LogP contribution in [-0.2, 0) is 32.6 Å². The van der Waals surface area contributed by atoms with Crippen molar-refractivity contribution in [1.29, 1.82) is 0 Å². The summed E-state index contributed by atoms with van der Waals surface area (Å²) in [5.41, 5.74) is 5.49. The maximum absolute atomic E-state index is 12.9. The number of hydrogen-bond donors (Lipinski definition) is 3. The van der Waals surface area contributed by atoms with Crippen molar-refractivity contribution in [3.8, 4) is 11.1 Å². The van der Waals surface area contributed by atoms with Crippen LogP contribution in [0, 0.1) is 0 Å². The normalized spacial score (nSPS) is 18.0. The van der Waals surface area contributed by atoms with Gasteiger partial charge in [0.2, 0.25) is 10.0 Å². The fraction of sp³-hybridized carbons (Fsp3) is 0.184. The molecule has 3 atom stereocenters. The molecular formula is C38H35NO7S2. The molecule has 0 aliphatic carbocycles. The molecule has 246 valence electrons. The standard InChI is InChI=1S/C38H35NO7S2/c40-24-26-14-16-28(17-15-26)35-22-31(25-47-36-13-7-6-12-34(36)37(41)42)45-38(46-35)29-20-18-27(19-21-29)33-11-5-4-8-30(33)23-39-48(43,44)32-9-2-1-3-10-32/h1-21,31,35,38-40H,22-25H2,(H,41,42)/t31-,35+,38+/m0/s1. The van der Waals surface area contributed by atoms with Gasteiger partial charge in [-0.05, 0) is 52.1 Å². The maximum atomic E-state index is 12.9. The van der Waals surface area contributed by atoms with Gasteiger partial charge in [-0.25, -0.2) is 17.9 Å². The predicted octanol–water partition coefficient (Wildman–Crippen LogP) is 7.36. The summed E-state index contributed by atoms with van der Waals surface area (Å²) in [4.78, 5) is 12.7. The summed E-state index contributed by atoms with van der Waals surface area (Å²) in [7, 11) is -3.67. The van der Waals surface area contributed by atoms with Gasteiger partial charge in [-0.2, -0.15) is 0 Å². The van der Waals surface area contributed by atoms with E-state index >= 15 is 0 Å². The summed E-state index contributed by atoms with van der Waals surface area (Å²) in [5, 5.41) is 19.2. The number of carboxylic acid groups (broad SMARTS) is 1. The highest BCUT2D eigenvalue weighted by Gasteiger charge is 2.32. The fourth-order valence-corrected chi connectivity index (χ4v) is 7.70. The fourth-order valence-electron chi connectivity index (χ4n) is 5.61. The van der Waals surface area contributed by atoms with E-state index in [0.717, 1.165) is 33.4 Å². The quantitative estimate of drug-likeness (QED) is 0.117. The number of thioether (sulfide) groups is 1. The highest BCUT2D eigenvalue weighted by atomic mass is 32.2. The maximum Gasteiger partial charge on any atom is 0.336 e. The number of sulfonamides is 1. The lowest BCUT2D eigenvalue weighted by Gasteiger charge is -2.36. The van der Waals surface area contributed by atoms with E-state index in [2.05, 4.69) is 4.72 Å². The van der Waals surface area contributed by atoms with Gasteiger partial charge in [0.05, 0.1) is 29.3 Å². The molecule has 0 amide bonds. The van der Waals surface area contributed by atoms with Crippen molar-refractivity contribution in [3.05, 3.63) is 155 Å². The monoisotopic (exact) mass is 681 g/mol. The lowest BCUT2D eigenvalue weighted by Crippen LogP contribution is -2.31. The molecule has 10 heteroatoms. The number of carbonyl (C=O) groups is 1. The van der Waals surface area contributed by atoms with Gasteiger partial charge in [0.25, 0.3) is 0 Å². The van der Waals surface area contributed by atoms with E-state index in [0.29, 0.717) is 17.1 Å². The van der Waals surface area contributed by atoms with Crippen molar-refractivity contribution in [2.24, 2.45) is 0 Å². The Balaban J connectivity index is 1.21. The molecule has 0 radical (unpaired) electrons. The molecule has 5 aromatic carbocycles.